The average molecular weight is 295 g/mol. The Morgan fingerprint density at radius 3 is 2.79 bits per heavy atom. The molecule has 0 bridgehead atoms. The van der Waals surface area contributed by atoms with Gasteiger partial charge in [-0.3, -0.25) is 0 Å². The van der Waals surface area contributed by atoms with Gasteiger partial charge in [-0.15, -0.1) is 0 Å². The number of aromatic nitrogens is 1. The van der Waals surface area contributed by atoms with E-state index >= 15 is 0 Å². The Balaban J connectivity index is 2.46. The van der Waals surface area contributed by atoms with Crippen LogP contribution < -0.4 is 10.5 Å². The quantitative estimate of drug-likeness (QED) is 0.871. The zero-order valence-corrected chi connectivity index (χ0v) is 11.1. The summed E-state index contributed by atoms with van der Waals surface area (Å²) in [5.41, 5.74) is 5.78. The molecule has 2 heterocycles. The molecular formula is C12H14ClF3N2O. The Labute approximate surface area is 113 Å². The van der Waals surface area contributed by atoms with Gasteiger partial charge < -0.3 is 10.5 Å². The van der Waals surface area contributed by atoms with Gasteiger partial charge in [0.15, 0.2) is 10.9 Å². The zero-order valence-electron chi connectivity index (χ0n) is 10.3. The molecule has 106 valence electrons. The number of rotatable bonds is 3. The van der Waals surface area contributed by atoms with Crippen LogP contribution in [0, 0.1) is 0 Å². The molecule has 7 heteroatoms. The van der Waals surface area contributed by atoms with Crippen LogP contribution in [0.2, 0.25) is 5.15 Å². The van der Waals surface area contributed by atoms with Gasteiger partial charge in [0.05, 0.1) is 12.3 Å². The number of hydrogen-bond acceptors (Lipinski definition) is 3. The van der Waals surface area contributed by atoms with Gasteiger partial charge in [0, 0.05) is 18.0 Å². The summed E-state index contributed by atoms with van der Waals surface area (Å²) in [7, 11) is 0. The van der Waals surface area contributed by atoms with Crippen LogP contribution in [0.5, 0.6) is 5.75 Å². The molecule has 0 aromatic carbocycles. The molecule has 3 nitrogen and oxygen atoms in total. The number of pyridine rings is 1. The molecule has 0 saturated heterocycles. The number of nitrogens with zero attached hydrogens (tertiary/aromatic N) is 1. The van der Waals surface area contributed by atoms with Gasteiger partial charge in [0.2, 0.25) is 0 Å². The minimum absolute atomic E-state index is 0.0221. The number of hydrogen-bond donors (Lipinski definition) is 1. The second-order valence-corrected chi connectivity index (χ2v) is 4.86. The Morgan fingerprint density at radius 1 is 1.58 bits per heavy atom. The molecule has 2 unspecified atom stereocenters. The molecule has 1 aromatic rings. The first kappa shape index (κ1) is 14.4. The van der Waals surface area contributed by atoms with Crippen LogP contribution in [-0.2, 0) is 0 Å². The van der Waals surface area contributed by atoms with E-state index in [9.17, 15) is 13.2 Å². The van der Waals surface area contributed by atoms with Crippen LogP contribution in [0.25, 0.3) is 0 Å². The maximum absolute atomic E-state index is 12.9. The minimum Gasteiger partial charge on any atom is -0.489 e. The number of fused-ring (bicyclic) bond motifs is 1. The highest BCUT2D eigenvalue weighted by Gasteiger charge is 2.42. The van der Waals surface area contributed by atoms with Gasteiger partial charge in [-0.25, -0.2) is 4.98 Å². The third kappa shape index (κ3) is 2.65. The Morgan fingerprint density at radius 2 is 2.26 bits per heavy atom. The molecule has 2 atom stereocenters. The molecule has 2 N–H and O–H groups in total. The first-order valence-electron chi connectivity index (χ1n) is 5.98. The van der Waals surface area contributed by atoms with E-state index in [1.165, 1.54) is 6.07 Å². The summed E-state index contributed by atoms with van der Waals surface area (Å²) in [5, 5.41) is -0.0221. The fourth-order valence-corrected chi connectivity index (χ4v) is 2.46. The predicted octanol–water partition coefficient (Wildman–Crippen LogP) is 3.23. The molecule has 19 heavy (non-hydrogen) atoms. The van der Waals surface area contributed by atoms with E-state index in [0.29, 0.717) is 17.9 Å². The predicted molar refractivity (Wildman–Crippen MR) is 65.6 cm³/mol. The summed E-state index contributed by atoms with van der Waals surface area (Å²) in [4.78, 5) is 3.79. The van der Waals surface area contributed by atoms with Crippen molar-refractivity contribution >= 4 is 11.6 Å². The normalized spacial score (nSPS) is 20.0. The lowest BCUT2D eigenvalue weighted by atomic mass is 9.95. The Hall–Kier alpha value is -1.01. The van der Waals surface area contributed by atoms with Gasteiger partial charge in [-0.2, -0.15) is 13.2 Å². The van der Waals surface area contributed by atoms with Crippen molar-refractivity contribution in [1.29, 1.82) is 0 Å². The van der Waals surface area contributed by atoms with E-state index in [0.717, 1.165) is 6.42 Å². The second kappa shape index (κ2) is 5.17. The van der Waals surface area contributed by atoms with Crippen LogP contribution in [-0.4, -0.2) is 24.3 Å². The zero-order chi connectivity index (χ0) is 14.2. The highest BCUT2D eigenvalue weighted by molar-refractivity contribution is 6.31. The molecule has 0 amide bonds. The van der Waals surface area contributed by atoms with Crippen molar-refractivity contribution in [3.63, 3.8) is 0 Å². The van der Waals surface area contributed by atoms with Crippen molar-refractivity contribution in [2.75, 3.05) is 13.2 Å². The van der Waals surface area contributed by atoms with E-state index in [4.69, 9.17) is 22.1 Å². The second-order valence-electron chi connectivity index (χ2n) is 4.50. The van der Waals surface area contributed by atoms with Crippen molar-refractivity contribution in [2.24, 2.45) is 5.73 Å². The van der Waals surface area contributed by atoms with Crippen LogP contribution in [0.3, 0.4) is 0 Å². The summed E-state index contributed by atoms with van der Waals surface area (Å²) in [6, 6.07) is 1.42. The summed E-state index contributed by atoms with van der Waals surface area (Å²) >= 11 is 5.90. The number of halogens is 4. The van der Waals surface area contributed by atoms with Crippen molar-refractivity contribution < 1.29 is 17.9 Å². The lowest BCUT2D eigenvalue weighted by Gasteiger charge is -2.19. The maximum atomic E-state index is 12.9. The first-order valence-corrected chi connectivity index (χ1v) is 6.36. The van der Waals surface area contributed by atoms with Crippen molar-refractivity contribution in [1.82, 2.24) is 4.98 Å². The lowest BCUT2D eigenvalue weighted by molar-refractivity contribution is -0.148. The average Bonchev–Trinajstić information content (AvgIpc) is 2.71. The fraction of sp³-hybridized carbons (Fsp3) is 0.583. The van der Waals surface area contributed by atoms with Crippen LogP contribution in [0.1, 0.15) is 36.4 Å². The monoisotopic (exact) mass is 294 g/mol. The number of ether oxygens (including phenoxy) is 1. The Kier molecular flexibility index (Phi) is 3.92. The number of nitrogens with two attached hydrogens (primary N) is 1. The first-order chi connectivity index (χ1) is 8.88. The summed E-state index contributed by atoms with van der Waals surface area (Å²) in [5.74, 6) is -1.34. The molecule has 1 aliphatic rings. The van der Waals surface area contributed by atoms with Crippen molar-refractivity contribution in [3.05, 3.63) is 22.5 Å². The van der Waals surface area contributed by atoms with Gasteiger partial charge in [-0.05, 0) is 12.5 Å². The molecule has 0 spiro atoms. The van der Waals surface area contributed by atoms with Crippen LogP contribution in [0.15, 0.2) is 6.07 Å². The fourth-order valence-electron chi connectivity index (χ4n) is 2.20. The van der Waals surface area contributed by atoms with E-state index in [1.807, 2.05) is 6.92 Å². The van der Waals surface area contributed by atoms with Gasteiger partial charge in [-0.1, -0.05) is 18.5 Å². The summed E-state index contributed by atoms with van der Waals surface area (Å²) < 4.78 is 44.0. The number of alkyl halides is 3. The molecule has 2 rings (SSSR count). The van der Waals surface area contributed by atoms with E-state index in [1.54, 1.807) is 0 Å². The largest absolute Gasteiger partial charge is 0.489 e. The molecule has 0 saturated carbocycles. The molecule has 0 radical (unpaired) electrons. The van der Waals surface area contributed by atoms with E-state index in [2.05, 4.69) is 4.98 Å². The van der Waals surface area contributed by atoms with E-state index in [-0.39, 0.29) is 16.8 Å². The Bertz CT molecular complexity index is 479. The maximum Gasteiger partial charge on any atom is 0.398 e. The topological polar surface area (TPSA) is 48.1 Å². The summed E-state index contributed by atoms with van der Waals surface area (Å²) in [6.45, 7) is 1.82. The standard InChI is InChI=1S/C12H14ClF3N2O/c1-2-6-5-19-10-7(6)3-9(18-11(10)13)8(4-17)12(14,15)16/h3,6,8H,2,4-5,17H2,1H3. The SMILES string of the molecule is CCC1COc2c1cc(C(CN)C(F)(F)F)nc2Cl. The van der Waals surface area contributed by atoms with Gasteiger partial charge in [0.25, 0.3) is 0 Å². The summed E-state index contributed by atoms with van der Waals surface area (Å²) in [6.07, 6.45) is -3.66. The minimum atomic E-state index is -4.43. The highest BCUT2D eigenvalue weighted by atomic mass is 35.5. The van der Waals surface area contributed by atoms with Crippen LogP contribution >= 0.6 is 11.6 Å². The van der Waals surface area contributed by atoms with Crippen molar-refractivity contribution in [2.45, 2.75) is 31.4 Å². The van der Waals surface area contributed by atoms with E-state index < -0.39 is 18.6 Å². The molecule has 1 aromatic heterocycles. The highest BCUT2D eigenvalue weighted by Crippen LogP contribution is 2.43. The molecule has 1 aliphatic heterocycles. The lowest BCUT2D eigenvalue weighted by Crippen LogP contribution is -2.29. The van der Waals surface area contributed by atoms with Gasteiger partial charge in [0.1, 0.15) is 5.92 Å². The third-order valence-corrected chi connectivity index (χ3v) is 3.59. The van der Waals surface area contributed by atoms with Gasteiger partial charge >= 0.3 is 6.18 Å². The molecular weight excluding hydrogens is 281 g/mol. The van der Waals surface area contributed by atoms with Crippen LogP contribution in [0.4, 0.5) is 13.2 Å². The smallest absolute Gasteiger partial charge is 0.398 e. The van der Waals surface area contributed by atoms with Crippen molar-refractivity contribution in [3.8, 4) is 5.75 Å². The molecule has 0 fully saturated rings. The molecule has 0 aliphatic carbocycles. The third-order valence-electron chi connectivity index (χ3n) is 3.33.